The molecule has 0 saturated carbocycles. The third-order valence-electron chi connectivity index (χ3n) is 4.56. The highest BCUT2D eigenvalue weighted by molar-refractivity contribution is 5.96. The quantitative estimate of drug-likeness (QED) is 0.725. The molecule has 0 saturated heterocycles. The van der Waals surface area contributed by atoms with E-state index in [9.17, 15) is 4.79 Å². The predicted molar refractivity (Wildman–Crippen MR) is 93.7 cm³/mol. The van der Waals surface area contributed by atoms with Crippen LogP contribution in [0.25, 0.3) is 11.1 Å². The lowest BCUT2D eigenvalue weighted by atomic mass is 10.1. The van der Waals surface area contributed by atoms with Gasteiger partial charge in [0.1, 0.15) is 11.3 Å². The molecule has 1 amide bonds. The number of nitrogens with one attached hydrogen (secondary N) is 1. The number of carbonyl (C=O) groups is 1. The molecule has 1 aliphatic heterocycles. The van der Waals surface area contributed by atoms with Gasteiger partial charge >= 0.3 is 0 Å². The Kier molecular flexibility index (Phi) is 4.66. The average Bonchev–Trinajstić information content (AvgIpc) is 3.27. The molecule has 3 heterocycles. The number of rotatable bonds is 6. The molecule has 26 heavy (non-hydrogen) atoms. The van der Waals surface area contributed by atoms with Gasteiger partial charge in [0.15, 0.2) is 17.3 Å². The highest BCUT2D eigenvalue weighted by Gasteiger charge is 2.17. The Labute approximate surface area is 150 Å². The lowest BCUT2D eigenvalue weighted by Crippen LogP contribution is -2.25. The fraction of sp³-hybridized carbons (Fsp3) is 0.444. The van der Waals surface area contributed by atoms with Gasteiger partial charge in [0, 0.05) is 32.1 Å². The van der Waals surface area contributed by atoms with Crippen LogP contribution in [0.2, 0.25) is 0 Å². The van der Waals surface area contributed by atoms with Crippen LogP contribution in [0, 0.1) is 0 Å². The van der Waals surface area contributed by atoms with Crippen LogP contribution in [-0.2, 0) is 30.7 Å². The molecule has 0 fully saturated rings. The summed E-state index contributed by atoms with van der Waals surface area (Å²) in [5, 5.41) is 11.3. The summed E-state index contributed by atoms with van der Waals surface area (Å²) in [4.78, 5) is 16.9. The van der Waals surface area contributed by atoms with E-state index in [2.05, 4.69) is 25.1 Å². The summed E-state index contributed by atoms with van der Waals surface area (Å²) < 4.78 is 12.8. The number of methoxy groups -OCH3 is 1. The highest BCUT2D eigenvalue weighted by atomic mass is 16.5. The number of amides is 1. The number of aryl methyl sites for hydroxylation is 1. The molecule has 3 aromatic rings. The van der Waals surface area contributed by atoms with Crippen LogP contribution in [0.4, 0.5) is 0 Å². The van der Waals surface area contributed by atoms with Gasteiger partial charge in [-0.25, -0.2) is 4.98 Å². The minimum Gasteiger partial charge on any atom is -0.441 e. The van der Waals surface area contributed by atoms with Crippen molar-refractivity contribution in [1.29, 1.82) is 0 Å². The van der Waals surface area contributed by atoms with Crippen molar-refractivity contribution in [2.45, 2.75) is 38.8 Å². The smallest absolute Gasteiger partial charge is 0.251 e. The second-order valence-corrected chi connectivity index (χ2v) is 6.36. The molecule has 1 N–H and O–H groups in total. The molecule has 0 aliphatic carbocycles. The van der Waals surface area contributed by atoms with Crippen LogP contribution in [0.1, 0.15) is 40.7 Å². The van der Waals surface area contributed by atoms with Gasteiger partial charge in [-0.2, -0.15) is 0 Å². The summed E-state index contributed by atoms with van der Waals surface area (Å²) >= 11 is 0. The molecule has 1 aliphatic rings. The van der Waals surface area contributed by atoms with E-state index in [1.807, 2.05) is 0 Å². The molecular weight excluding hydrogens is 334 g/mol. The molecule has 4 rings (SSSR count). The van der Waals surface area contributed by atoms with Crippen LogP contribution in [0.3, 0.4) is 0 Å². The Balaban J connectivity index is 1.45. The molecule has 0 atom stereocenters. The van der Waals surface area contributed by atoms with Crippen LogP contribution in [-0.4, -0.2) is 39.4 Å². The van der Waals surface area contributed by atoms with Crippen molar-refractivity contribution in [3.8, 4) is 0 Å². The van der Waals surface area contributed by atoms with Crippen molar-refractivity contribution in [3.05, 3.63) is 41.3 Å². The zero-order chi connectivity index (χ0) is 17.9. The fourth-order valence-electron chi connectivity index (χ4n) is 3.17. The lowest BCUT2D eigenvalue weighted by Gasteiger charge is -2.14. The van der Waals surface area contributed by atoms with Gasteiger partial charge < -0.3 is 19.0 Å². The highest BCUT2D eigenvalue weighted by Crippen LogP contribution is 2.18. The van der Waals surface area contributed by atoms with Crippen molar-refractivity contribution < 1.29 is 13.9 Å². The van der Waals surface area contributed by atoms with E-state index in [0.717, 1.165) is 43.0 Å². The van der Waals surface area contributed by atoms with E-state index in [1.54, 1.807) is 25.3 Å². The summed E-state index contributed by atoms with van der Waals surface area (Å²) in [6, 6.07) is 5.26. The summed E-state index contributed by atoms with van der Waals surface area (Å²) in [5.41, 5.74) is 1.87. The third-order valence-corrected chi connectivity index (χ3v) is 4.56. The van der Waals surface area contributed by atoms with E-state index >= 15 is 0 Å². The maximum absolute atomic E-state index is 12.5. The van der Waals surface area contributed by atoms with E-state index in [1.165, 1.54) is 0 Å². The summed E-state index contributed by atoms with van der Waals surface area (Å²) in [5.74, 6) is 2.24. The van der Waals surface area contributed by atoms with Gasteiger partial charge in [-0.05, 0) is 31.0 Å². The minimum atomic E-state index is -0.171. The first-order chi connectivity index (χ1) is 12.7. The predicted octanol–water partition coefficient (Wildman–Crippen LogP) is 1.87. The molecule has 0 unspecified atom stereocenters. The molecule has 0 bridgehead atoms. The van der Waals surface area contributed by atoms with Crippen molar-refractivity contribution in [3.63, 3.8) is 0 Å². The summed E-state index contributed by atoms with van der Waals surface area (Å²) in [6.07, 6.45) is 3.83. The monoisotopic (exact) mass is 355 g/mol. The number of hydrogen-bond donors (Lipinski definition) is 1. The number of fused-ring (bicyclic) bond motifs is 2. The Bertz CT molecular complexity index is 930. The second kappa shape index (κ2) is 7.25. The largest absolute Gasteiger partial charge is 0.441 e. The molecular formula is C18H21N5O3. The molecule has 0 radical (unpaired) electrons. The van der Waals surface area contributed by atoms with Crippen molar-refractivity contribution in [1.82, 2.24) is 25.1 Å². The molecule has 2 aromatic heterocycles. The Morgan fingerprint density at radius 1 is 1.35 bits per heavy atom. The van der Waals surface area contributed by atoms with E-state index in [0.29, 0.717) is 36.6 Å². The van der Waals surface area contributed by atoms with Crippen LogP contribution in [0.15, 0.2) is 22.6 Å². The third kappa shape index (κ3) is 3.32. The van der Waals surface area contributed by atoms with Crippen LogP contribution in [0.5, 0.6) is 0 Å². The standard InChI is InChI=1S/C18H21N5O3/c1-25-9-7-17-20-13-6-5-12(10-14(13)26-17)18(24)19-11-16-22-21-15-4-2-3-8-23(15)16/h5-6,10H,2-4,7-9,11H2,1H3,(H,19,24). The lowest BCUT2D eigenvalue weighted by molar-refractivity contribution is 0.0949. The van der Waals surface area contributed by atoms with Gasteiger partial charge in [0.2, 0.25) is 0 Å². The van der Waals surface area contributed by atoms with Crippen molar-refractivity contribution in [2.24, 2.45) is 0 Å². The summed E-state index contributed by atoms with van der Waals surface area (Å²) in [7, 11) is 1.64. The summed E-state index contributed by atoms with van der Waals surface area (Å²) in [6.45, 7) is 1.82. The molecule has 0 spiro atoms. The maximum Gasteiger partial charge on any atom is 0.251 e. The number of hydrogen-bond acceptors (Lipinski definition) is 6. The number of oxazole rings is 1. The van der Waals surface area contributed by atoms with Gasteiger partial charge in [-0.1, -0.05) is 0 Å². The molecule has 8 heteroatoms. The van der Waals surface area contributed by atoms with Gasteiger partial charge in [0.25, 0.3) is 5.91 Å². The van der Waals surface area contributed by atoms with Crippen molar-refractivity contribution in [2.75, 3.05) is 13.7 Å². The Morgan fingerprint density at radius 3 is 3.15 bits per heavy atom. The topological polar surface area (TPSA) is 95.1 Å². The zero-order valence-electron chi connectivity index (χ0n) is 14.7. The Morgan fingerprint density at radius 2 is 2.27 bits per heavy atom. The SMILES string of the molecule is COCCc1nc2ccc(C(=O)NCc3nnc4n3CCCC4)cc2o1. The number of benzene rings is 1. The van der Waals surface area contributed by atoms with Crippen LogP contribution < -0.4 is 5.32 Å². The average molecular weight is 355 g/mol. The van der Waals surface area contributed by atoms with Gasteiger partial charge in [-0.3, -0.25) is 4.79 Å². The van der Waals surface area contributed by atoms with E-state index in [4.69, 9.17) is 9.15 Å². The fourth-order valence-corrected chi connectivity index (χ4v) is 3.17. The van der Waals surface area contributed by atoms with Gasteiger partial charge in [0.05, 0.1) is 13.2 Å². The van der Waals surface area contributed by atoms with Crippen LogP contribution >= 0.6 is 0 Å². The molecule has 136 valence electrons. The minimum absolute atomic E-state index is 0.171. The van der Waals surface area contributed by atoms with E-state index in [-0.39, 0.29) is 5.91 Å². The van der Waals surface area contributed by atoms with Crippen molar-refractivity contribution >= 4 is 17.0 Å². The first-order valence-corrected chi connectivity index (χ1v) is 8.82. The Hall–Kier alpha value is -2.74. The first kappa shape index (κ1) is 16.7. The van der Waals surface area contributed by atoms with E-state index < -0.39 is 0 Å². The normalized spacial score (nSPS) is 13.7. The number of aromatic nitrogens is 4. The zero-order valence-corrected chi connectivity index (χ0v) is 14.7. The number of carbonyl (C=O) groups excluding carboxylic acids is 1. The van der Waals surface area contributed by atoms with Gasteiger partial charge in [-0.15, -0.1) is 10.2 Å². The number of ether oxygens (including phenoxy) is 1. The maximum atomic E-state index is 12.5. The number of nitrogens with zero attached hydrogens (tertiary/aromatic N) is 4. The molecule has 8 nitrogen and oxygen atoms in total. The first-order valence-electron chi connectivity index (χ1n) is 8.82. The second-order valence-electron chi connectivity index (χ2n) is 6.36. The molecule has 1 aromatic carbocycles.